The van der Waals surface area contributed by atoms with Crippen molar-refractivity contribution in [2.24, 2.45) is 0 Å². The van der Waals surface area contributed by atoms with Crippen molar-refractivity contribution in [1.29, 1.82) is 0 Å². The van der Waals surface area contributed by atoms with Crippen LogP contribution in [-0.2, 0) is 30.0 Å². The van der Waals surface area contributed by atoms with E-state index < -0.39 is 28.1 Å². The maximum atomic E-state index is 14.5. The fraction of sp³-hybridized carbons (Fsp3) is 0.129. The Bertz CT molecular complexity index is 1710. The smallest absolute Gasteiger partial charge is 0.254 e. The SMILES string of the molecule is CO[C@@H]1O[C@](C=O)(c2ccccc2)N(NS(=O)(=O)c2c3ccccc3cc3ccccc23)[C@H]1c1ccccc1. The maximum Gasteiger partial charge on any atom is 0.254 e. The normalized spacial score (nSPS) is 21.9. The van der Waals surface area contributed by atoms with Crippen LogP contribution in [0.2, 0.25) is 0 Å². The summed E-state index contributed by atoms with van der Waals surface area (Å²) in [6.07, 6.45) is -0.342. The van der Waals surface area contributed by atoms with E-state index in [-0.39, 0.29) is 4.90 Å². The van der Waals surface area contributed by atoms with Gasteiger partial charge in [-0.25, -0.2) is 8.42 Å². The van der Waals surface area contributed by atoms with Gasteiger partial charge in [0.25, 0.3) is 10.0 Å². The number of nitrogens with one attached hydrogen (secondary N) is 1. The van der Waals surface area contributed by atoms with Gasteiger partial charge in [0.15, 0.2) is 12.6 Å². The number of ether oxygens (including phenoxy) is 2. The second-order valence-corrected chi connectivity index (χ2v) is 11.0. The van der Waals surface area contributed by atoms with E-state index in [1.165, 1.54) is 12.1 Å². The molecule has 0 bridgehead atoms. The molecule has 0 spiro atoms. The monoisotopic (exact) mass is 538 g/mol. The van der Waals surface area contributed by atoms with E-state index in [0.717, 1.165) is 16.3 Å². The quantitative estimate of drug-likeness (QED) is 0.224. The average Bonchev–Trinajstić information content (AvgIpc) is 3.30. The Morgan fingerprint density at radius 3 is 1.92 bits per heavy atom. The Labute approximate surface area is 226 Å². The third-order valence-corrected chi connectivity index (χ3v) is 8.53. The van der Waals surface area contributed by atoms with Crippen molar-refractivity contribution in [3.8, 4) is 0 Å². The highest BCUT2D eigenvalue weighted by Crippen LogP contribution is 2.46. The zero-order valence-electron chi connectivity index (χ0n) is 21.1. The minimum atomic E-state index is -4.28. The molecule has 6 rings (SSSR count). The molecule has 1 aliphatic rings. The lowest BCUT2D eigenvalue weighted by Crippen LogP contribution is -2.54. The van der Waals surface area contributed by atoms with Crippen LogP contribution >= 0.6 is 0 Å². The number of carbonyl (C=O) groups is 1. The number of fused-ring (bicyclic) bond motifs is 2. The number of methoxy groups -OCH3 is 1. The number of rotatable bonds is 7. The summed E-state index contributed by atoms with van der Waals surface area (Å²) in [5, 5.41) is 4.08. The molecule has 8 heteroatoms. The number of nitrogens with zero attached hydrogens (tertiary/aromatic N) is 1. The van der Waals surface area contributed by atoms with Gasteiger partial charge in [-0.05, 0) is 22.4 Å². The van der Waals surface area contributed by atoms with Gasteiger partial charge in [0.1, 0.15) is 6.04 Å². The first kappa shape index (κ1) is 25.4. The van der Waals surface area contributed by atoms with Crippen molar-refractivity contribution < 1.29 is 22.7 Å². The van der Waals surface area contributed by atoms with Crippen molar-refractivity contribution in [2.75, 3.05) is 7.11 Å². The highest BCUT2D eigenvalue weighted by Gasteiger charge is 2.57. The predicted octanol–water partition coefficient (Wildman–Crippen LogP) is 5.28. The lowest BCUT2D eigenvalue weighted by Gasteiger charge is -2.35. The van der Waals surface area contributed by atoms with Crippen LogP contribution in [0.5, 0.6) is 0 Å². The highest BCUT2D eigenvalue weighted by atomic mass is 32.2. The molecule has 1 saturated heterocycles. The van der Waals surface area contributed by atoms with Crippen molar-refractivity contribution in [1.82, 2.24) is 9.84 Å². The first-order chi connectivity index (χ1) is 19.0. The summed E-state index contributed by atoms with van der Waals surface area (Å²) < 4.78 is 40.9. The van der Waals surface area contributed by atoms with E-state index in [9.17, 15) is 13.2 Å². The minimum absolute atomic E-state index is 0.122. The summed E-state index contributed by atoms with van der Waals surface area (Å²) in [5.41, 5.74) is -0.615. The Balaban J connectivity index is 1.59. The zero-order chi connectivity index (χ0) is 27.0. The third-order valence-electron chi connectivity index (χ3n) is 7.12. The number of hydrogen-bond acceptors (Lipinski definition) is 6. The second-order valence-electron chi connectivity index (χ2n) is 9.37. The number of hydrazine groups is 1. The summed E-state index contributed by atoms with van der Waals surface area (Å²) in [4.78, 5) is 15.9. The summed E-state index contributed by atoms with van der Waals surface area (Å²) >= 11 is 0. The largest absolute Gasteiger partial charge is 0.354 e. The molecule has 1 heterocycles. The van der Waals surface area contributed by atoms with Crippen LogP contribution in [0.15, 0.2) is 120 Å². The van der Waals surface area contributed by atoms with Gasteiger partial charge in [-0.15, -0.1) is 4.83 Å². The van der Waals surface area contributed by atoms with Crippen molar-refractivity contribution in [3.05, 3.63) is 126 Å². The molecule has 1 fully saturated rings. The summed E-state index contributed by atoms with van der Waals surface area (Å²) in [7, 11) is -2.81. The van der Waals surface area contributed by atoms with Crippen LogP contribution in [0.25, 0.3) is 21.5 Å². The second kappa shape index (κ2) is 10.00. The van der Waals surface area contributed by atoms with Gasteiger partial charge < -0.3 is 9.47 Å². The number of sulfonamides is 1. The third kappa shape index (κ3) is 4.23. The van der Waals surface area contributed by atoms with Crippen LogP contribution in [0.1, 0.15) is 17.2 Å². The number of benzene rings is 5. The summed E-state index contributed by atoms with van der Waals surface area (Å²) in [6.45, 7) is 0. The Morgan fingerprint density at radius 1 is 0.821 bits per heavy atom. The minimum Gasteiger partial charge on any atom is -0.354 e. The van der Waals surface area contributed by atoms with Gasteiger partial charge in [-0.1, -0.05) is 109 Å². The van der Waals surface area contributed by atoms with Gasteiger partial charge in [-0.3, -0.25) is 4.79 Å². The molecule has 0 radical (unpaired) electrons. The molecule has 5 aromatic rings. The van der Waals surface area contributed by atoms with E-state index in [1.54, 1.807) is 36.4 Å². The molecule has 39 heavy (non-hydrogen) atoms. The van der Waals surface area contributed by atoms with Crippen LogP contribution < -0.4 is 4.83 Å². The van der Waals surface area contributed by atoms with E-state index >= 15 is 0 Å². The molecule has 3 atom stereocenters. The number of carbonyl (C=O) groups excluding carboxylic acids is 1. The van der Waals surface area contributed by atoms with E-state index in [2.05, 4.69) is 4.83 Å². The van der Waals surface area contributed by atoms with Crippen molar-refractivity contribution >= 4 is 37.9 Å². The highest BCUT2D eigenvalue weighted by molar-refractivity contribution is 7.90. The first-order valence-corrected chi connectivity index (χ1v) is 14.0. The van der Waals surface area contributed by atoms with Gasteiger partial charge in [0.05, 0.1) is 4.90 Å². The van der Waals surface area contributed by atoms with Crippen LogP contribution in [0.3, 0.4) is 0 Å². The topological polar surface area (TPSA) is 84.9 Å². The molecule has 0 unspecified atom stereocenters. The van der Waals surface area contributed by atoms with Gasteiger partial charge in [0, 0.05) is 23.4 Å². The van der Waals surface area contributed by atoms with E-state index in [1.807, 2.05) is 78.9 Å². The lowest BCUT2D eigenvalue weighted by atomic mass is 10.0. The van der Waals surface area contributed by atoms with Gasteiger partial charge in [-0.2, -0.15) is 5.01 Å². The molecule has 0 amide bonds. The molecule has 7 nitrogen and oxygen atoms in total. The van der Waals surface area contributed by atoms with Crippen molar-refractivity contribution in [3.63, 3.8) is 0 Å². The molecule has 5 aromatic carbocycles. The van der Waals surface area contributed by atoms with Crippen LogP contribution in [-0.4, -0.2) is 33.1 Å². The van der Waals surface area contributed by atoms with E-state index in [4.69, 9.17) is 9.47 Å². The lowest BCUT2D eigenvalue weighted by molar-refractivity contribution is -0.181. The zero-order valence-corrected chi connectivity index (χ0v) is 21.9. The maximum absolute atomic E-state index is 14.5. The fourth-order valence-corrected chi connectivity index (χ4v) is 6.91. The molecule has 0 aromatic heterocycles. The molecule has 1 N–H and O–H groups in total. The summed E-state index contributed by atoms with van der Waals surface area (Å²) in [6, 6.07) is 33.9. The molecule has 1 aliphatic heterocycles. The molecule has 0 saturated carbocycles. The van der Waals surface area contributed by atoms with E-state index in [0.29, 0.717) is 22.6 Å². The standard InChI is InChI=1S/C31H26N2O5S/c1-37-30-28(22-12-4-2-5-13-22)33(31(21-34,38-30)25-16-6-3-7-17-25)32-39(35,36)29-26-18-10-8-14-23(26)20-24-15-9-11-19-27(24)29/h2-21,28,30,32H,1H3/t28-,30+,31+/m0/s1. The molecular weight excluding hydrogens is 512 g/mol. The average molecular weight is 539 g/mol. The predicted molar refractivity (Wildman–Crippen MR) is 149 cm³/mol. The van der Waals surface area contributed by atoms with Gasteiger partial charge in [0.2, 0.25) is 5.72 Å². The fourth-order valence-electron chi connectivity index (χ4n) is 5.36. The Hall–Kier alpha value is -3.92. The van der Waals surface area contributed by atoms with Gasteiger partial charge >= 0.3 is 0 Å². The summed E-state index contributed by atoms with van der Waals surface area (Å²) in [5.74, 6) is 0. The Kier molecular flexibility index (Phi) is 6.50. The molecule has 0 aliphatic carbocycles. The number of hydrogen-bond donors (Lipinski definition) is 1. The molecular formula is C31H26N2O5S. The van der Waals surface area contributed by atoms with Crippen molar-refractivity contribution in [2.45, 2.75) is 23.0 Å². The van der Waals surface area contributed by atoms with Crippen LogP contribution in [0.4, 0.5) is 0 Å². The Morgan fingerprint density at radius 2 is 1.36 bits per heavy atom. The van der Waals surface area contributed by atoms with Crippen LogP contribution in [0, 0.1) is 0 Å². The first-order valence-electron chi connectivity index (χ1n) is 12.5. The molecule has 196 valence electrons. The number of aldehydes is 1.